The van der Waals surface area contributed by atoms with E-state index in [1.54, 1.807) is 0 Å². The van der Waals surface area contributed by atoms with Crippen LogP contribution in [0.15, 0.2) is 5.38 Å². The van der Waals surface area contributed by atoms with Crippen LogP contribution < -0.4 is 10.6 Å². The van der Waals surface area contributed by atoms with Crippen LogP contribution in [0, 0.1) is 5.41 Å². The molecule has 0 spiro atoms. The molecule has 0 radical (unpaired) electrons. The Bertz CT molecular complexity index is 509. The maximum Gasteiger partial charge on any atom is 0.355 e. The Balaban J connectivity index is 1.75. The maximum atomic E-state index is 11.8. The number of amides is 2. The summed E-state index contributed by atoms with van der Waals surface area (Å²) in [5.74, 6) is -1.05. The van der Waals surface area contributed by atoms with Crippen molar-refractivity contribution in [1.82, 2.24) is 15.6 Å². The predicted octanol–water partition coefficient (Wildman–Crippen LogP) is 2.61. The van der Waals surface area contributed by atoms with Crippen molar-refractivity contribution in [3.05, 3.63) is 16.1 Å². The van der Waals surface area contributed by atoms with Crippen LogP contribution >= 0.6 is 11.3 Å². The van der Waals surface area contributed by atoms with Crippen molar-refractivity contribution in [2.45, 2.75) is 45.6 Å². The van der Waals surface area contributed by atoms with Gasteiger partial charge in [-0.2, -0.15) is 0 Å². The number of carbonyl (C=O) groups is 2. The molecule has 0 aromatic carbocycles. The summed E-state index contributed by atoms with van der Waals surface area (Å²) in [6.07, 6.45) is 5.93. The number of carboxylic acid groups (broad SMARTS) is 1. The van der Waals surface area contributed by atoms with Crippen LogP contribution in [0.4, 0.5) is 4.79 Å². The topological polar surface area (TPSA) is 91.3 Å². The summed E-state index contributed by atoms with van der Waals surface area (Å²) in [5, 5.41) is 16.5. The van der Waals surface area contributed by atoms with Gasteiger partial charge in [0.2, 0.25) is 0 Å². The fourth-order valence-corrected chi connectivity index (χ4v) is 3.46. The van der Waals surface area contributed by atoms with E-state index in [9.17, 15) is 9.59 Å². The molecule has 1 aromatic rings. The third kappa shape index (κ3) is 4.17. The molecule has 1 aliphatic carbocycles. The number of nitrogens with zero attached hydrogens (tertiary/aromatic N) is 1. The molecule has 0 bridgehead atoms. The van der Waals surface area contributed by atoms with E-state index in [1.165, 1.54) is 42.4 Å². The Hall–Kier alpha value is -1.63. The van der Waals surface area contributed by atoms with Gasteiger partial charge in [-0.25, -0.2) is 14.6 Å². The van der Waals surface area contributed by atoms with Gasteiger partial charge in [-0.05, 0) is 24.7 Å². The molecule has 116 valence electrons. The minimum atomic E-state index is -1.05. The van der Waals surface area contributed by atoms with Gasteiger partial charge in [0.1, 0.15) is 5.01 Å². The van der Waals surface area contributed by atoms with Gasteiger partial charge in [0, 0.05) is 11.9 Å². The van der Waals surface area contributed by atoms with Gasteiger partial charge in [-0.3, -0.25) is 0 Å². The molecule has 0 aliphatic heterocycles. The summed E-state index contributed by atoms with van der Waals surface area (Å²) in [4.78, 5) is 26.5. The zero-order valence-corrected chi connectivity index (χ0v) is 13.0. The van der Waals surface area contributed by atoms with Gasteiger partial charge < -0.3 is 15.7 Å². The number of thiazole rings is 1. The number of aromatic carboxylic acids is 1. The molecule has 1 heterocycles. The van der Waals surface area contributed by atoms with E-state index >= 15 is 0 Å². The van der Waals surface area contributed by atoms with Gasteiger partial charge in [0.25, 0.3) is 0 Å². The molecular weight excluding hydrogens is 290 g/mol. The van der Waals surface area contributed by atoms with Crippen LogP contribution in [0.3, 0.4) is 0 Å². The lowest BCUT2D eigenvalue weighted by Crippen LogP contribution is -2.41. The first-order chi connectivity index (χ1) is 10.0. The van der Waals surface area contributed by atoms with Gasteiger partial charge >= 0.3 is 12.0 Å². The lowest BCUT2D eigenvalue weighted by molar-refractivity contribution is 0.0691. The smallest absolute Gasteiger partial charge is 0.355 e. The Morgan fingerprint density at radius 3 is 2.67 bits per heavy atom. The Labute approximate surface area is 128 Å². The molecule has 1 fully saturated rings. The highest BCUT2D eigenvalue weighted by molar-refractivity contribution is 7.09. The van der Waals surface area contributed by atoms with Gasteiger partial charge in [0.15, 0.2) is 5.69 Å². The van der Waals surface area contributed by atoms with E-state index in [2.05, 4.69) is 22.5 Å². The van der Waals surface area contributed by atoms with Crippen molar-refractivity contribution in [1.29, 1.82) is 0 Å². The van der Waals surface area contributed by atoms with Crippen LogP contribution in [0.25, 0.3) is 0 Å². The Morgan fingerprint density at radius 1 is 1.38 bits per heavy atom. The van der Waals surface area contributed by atoms with E-state index in [0.717, 1.165) is 6.42 Å². The molecule has 1 saturated carbocycles. The molecule has 7 heteroatoms. The Kier molecular flexibility index (Phi) is 5.17. The summed E-state index contributed by atoms with van der Waals surface area (Å²) < 4.78 is 0. The van der Waals surface area contributed by atoms with E-state index in [-0.39, 0.29) is 23.7 Å². The lowest BCUT2D eigenvalue weighted by atomic mass is 9.83. The average Bonchev–Trinajstić information content (AvgIpc) is 3.12. The SMILES string of the molecule is CCC1(CNC(=O)NCc2nc(C(=O)O)cs2)CCCC1. The fraction of sp³-hybridized carbons (Fsp3) is 0.643. The lowest BCUT2D eigenvalue weighted by Gasteiger charge is -2.27. The second-order valence-corrected chi connectivity index (χ2v) is 6.47. The fourth-order valence-electron chi connectivity index (χ4n) is 2.76. The zero-order chi connectivity index (χ0) is 15.3. The second-order valence-electron chi connectivity index (χ2n) is 5.53. The van der Waals surface area contributed by atoms with Crippen LogP contribution in [0.1, 0.15) is 54.5 Å². The summed E-state index contributed by atoms with van der Waals surface area (Å²) in [5.41, 5.74) is 0.280. The minimum Gasteiger partial charge on any atom is -0.476 e. The molecule has 1 aromatic heterocycles. The zero-order valence-electron chi connectivity index (χ0n) is 12.1. The molecule has 3 N–H and O–H groups in total. The van der Waals surface area contributed by atoms with Crippen LogP contribution in [0.2, 0.25) is 0 Å². The number of hydrogen-bond acceptors (Lipinski definition) is 4. The highest BCUT2D eigenvalue weighted by Crippen LogP contribution is 2.40. The maximum absolute atomic E-state index is 11.8. The van der Waals surface area contributed by atoms with Gasteiger partial charge in [-0.1, -0.05) is 19.8 Å². The summed E-state index contributed by atoms with van der Waals surface area (Å²) in [7, 11) is 0. The standard InChI is InChI=1S/C14H21N3O3S/c1-2-14(5-3-4-6-14)9-16-13(20)15-7-11-17-10(8-21-11)12(18)19/h8H,2-7,9H2,1H3,(H,18,19)(H2,15,16,20). The second kappa shape index (κ2) is 6.89. The number of hydrogen-bond donors (Lipinski definition) is 3. The van der Waals surface area contributed by atoms with Gasteiger partial charge in [-0.15, -0.1) is 11.3 Å². The third-order valence-electron chi connectivity index (χ3n) is 4.21. The van der Waals surface area contributed by atoms with E-state index in [1.807, 2.05) is 0 Å². The monoisotopic (exact) mass is 311 g/mol. The van der Waals surface area contributed by atoms with E-state index in [0.29, 0.717) is 11.6 Å². The third-order valence-corrected chi connectivity index (χ3v) is 5.06. The predicted molar refractivity (Wildman–Crippen MR) is 80.5 cm³/mol. The molecule has 0 saturated heterocycles. The summed E-state index contributed by atoms with van der Waals surface area (Å²) in [6, 6.07) is -0.221. The van der Waals surface area contributed by atoms with E-state index < -0.39 is 5.97 Å². The molecule has 2 rings (SSSR count). The number of carboxylic acids is 1. The summed E-state index contributed by atoms with van der Waals surface area (Å²) in [6.45, 7) is 3.13. The van der Waals surface area contributed by atoms with Crippen LogP contribution in [-0.4, -0.2) is 28.6 Å². The molecule has 0 atom stereocenters. The minimum absolute atomic E-state index is 0.0214. The quantitative estimate of drug-likeness (QED) is 0.753. The highest BCUT2D eigenvalue weighted by atomic mass is 32.1. The molecule has 6 nitrogen and oxygen atoms in total. The normalized spacial score (nSPS) is 16.6. The van der Waals surface area contributed by atoms with Crippen molar-refractivity contribution in [2.24, 2.45) is 5.41 Å². The largest absolute Gasteiger partial charge is 0.476 e. The highest BCUT2D eigenvalue weighted by Gasteiger charge is 2.32. The number of carbonyl (C=O) groups excluding carboxylic acids is 1. The van der Waals surface area contributed by atoms with Crippen molar-refractivity contribution >= 4 is 23.3 Å². The van der Waals surface area contributed by atoms with Crippen molar-refractivity contribution in [3.8, 4) is 0 Å². The Morgan fingerprint density at radius 2 is 2.10 bits per heavy atom. The molecule has 0 unspecified atom stereocenters. The first-order valence-electron chi connectivity index (χ1n) is 7.24. The van der Waals surface area contributed by atoms with Crippen LogP contribution in [0.5, 0.6) is 0 Å². The van der Waals surface area contributed by atoms with Crippen molar-refractivity contribution in [3.63, 3.8) is 0 Å². The van der Waals surface area contributed by atoms with Crippen molar-refractivity contribution < 1.29 is 14.7 Å². The first kappa shape index (κ1) is 15.8. The molecule has 21 heavy (non-hydrogen) atoms. The molecule has 1 aliphatic rings. The average molecular weight is 311 g/mol. The number of nitrogens with one attached hydrogen (secondary N) is 2. The molecule has 2 amide bonds. The van der Waals surface area contributed by atoms with E-state index in [4.69, 9.17) is 5.11 Å². The number of urea groups is 1. The molecular formula is C14H21N3O3S. The van der Waals surface area contributed by atoms with Crippen molar-refractivity contribution in [2.75, 3.05) is 6.54 Å². The number of rotatable bonds is 6. The first-order valence-corrected chi connectivity index (χ1v) is 8.12. The summed E-state index contributed by atoms with van der Waals surface area (Å²) >= 11 is 1.23. The van der Waals surface area contributed by atoms with Gasteiger partial charge in [0.05, 0.1) is 6.54 Å². The number of aromatic nitrogens is 1. The van der Waals surface area contributed by atoms with Crippen LogP contribution in [-0.2, 0) is 6.54 Å².